The molecule has 0 unspecified atom stereocenters. The van der Waals surface area contributed by atoms with Crippen LogP contribution in [0.4, 0.5) is 0 Å². The molecule has 0 saturated heterocycles. The molecule has 2 saturated carbocycles. The van der Waals surface area contributed by atoms with Gasteiger partial charge in [-0.25, -0.2) is 4.98 Å². The summed E-state index contributed by atoms with van der Waals surface area (Å²) in [6.07, 6.45) is 4.74. The minimum absolute atomic E-state index is 0.0219. The van der Waals surface area contributed by atoms with E-state index in [1.807, 2.05) is 6.07 Å². The molecule has 0 radical (unpaired) electrons. The second-order valence-electron chi connectivity index (χ2n) is 6.93. The molecule has 0 atom stereocenters. The van der Waals surface area contributed by atoms with Crippen LogP contribution in [-0.4, -0.2) is 22.6 Å². The van der Waals surface area contributed by atoms with E-state index in [1.54, 1.807) is 0 Å². The molecule has 2 heterocycles. The summed E-state index contributed by atoms with van der Waals surface area (Å²) in [7, 11) is 0. The summed E-state index contributed by atoms with van der Waals surface area (Å²) in [5.74, 6) is 1.32. The zero-order chi connectivity index (χ0) is 15.3. The molecule has 1 amide bonds. The highest BCUT2D eigenvalue weighted by atomic mass is 16.5. The number of hydrogen-bond donors (Lipinski definition) is 1. The van der Waals surface area contributed by atoms with Gasteiger partial charge < -0.3 is 9.84 Å². The Morgan fingerprint density at radius 2 is 2.14 bits per heavy atom. The number of fused-ring (bicyclic) bond motifs is 1. The van der Waals surface area contributed by atoms with Gasteiger partial charge in [-0.3, -0.25) is 4.79 Å². The minimum atomic E-state index is -0.0219. The Hall–Kier alpha value is -1.91. The van der Waals surface area contributed by atoms with Crippen molar-refractivity contribution in [2.45, 2.75) is 51.4 Å². The Morgan fingerprint density at radius 1 is 1.36 bits per heavy atom. The van der Waals surface area contributed by atoms with Crippen LogP contribution in [0.2, 0.25) is 0 Å². The second-order valence-corrected chi connectivity index (χ2v) is 6.93. The average Bonchev–Trinajstić information content (AvgIpc) is 3.40. The number of nitrogens with one attached hydrogen (secondary N) is 1. The summed E-state index contributed by atoms with van der Waals surface area (Å²) in [5.41, 5.74) is 2.97. The number of hydrogen-bond acceptors (Lipinski definition) is 4. The summed E-state index contributed by atoms with van der Waals surface area (Å²) < 4.78 is 5.42. The van der Waals surface area contributed by atoms with Crippen LogP contribution in [0.3, 0.4) is 0 Å². The summed E-state index contributed by atoms with van der Waals surface area (Å²) >= 11 is 0. The molecule has 2 aromatic rings. The maximum atomic E-state index is 12.7. The van der Waals surface area contributed by atoms with Crippen molar-refractivity contribution in [3.8, 4) is 0 Å². The molecular formula is C17H21N3O2. The molecule has 5 heteroatoms. The molecule has 0 spiro atoms. The monoisotopic (exact) mass is 299 g/mol. The molecule has 116 valence electrons. The minimum Gasteiger partial charge on any atom is -0.352 e. The van der Waals surface area contributed by atoms with Crippen molar-refractivity contribution >= 4 is 17.0 Å². The van der Waals surface area contributed by atoms with Crippen LogP contribution in [-0.2, 0) is 0 Å². The van der Waals surface area contributed by atoms with E-state index in [9.17, 15) is 4.79 Å². The smallest absolute Gasteiger partial charge is 0.259 e. The van der Waals surface area contributed by atoms with Crippen molar-refractivity contribution in [3.63, 3.8) is 0 Å². The van der Waals surface area contributed by atoms with Gasteiger partial charge in [0.15, 0.2) is 0 Å². The van der Waals surface area contributed by atoms with Gasteiger partial charge in [0.1, 0.15) is 0 Å². The van der Waals surface area contributed by atoms with Crippen molar-refractivity contribution in [3.05, 3.63) is 23.0 Å². The zero-order valence-corrected chi connectivity index (χ0v) is 13.1. The van der Waals surface area contributed by atoms with Crippen LogP contribution in [0.15, 0.2) is 10.6 Å². The van der Waals surface area contributed by atoms with E-state index in [1.165, 1.54) is 12.8 Å². The van der Waals surface area contributed by atoms with Crippen LogP contribution >= 0.6 is 0 Å². The van der Waals surface area contributed by atoms with Crippen LogP contribution in [0, 0.1) is 5.92 Å². The Labute approximate surface area is 129 Å². The molecule has 2 fully saturated rings. The third-order valence-corrected chi connectivity index (χ3v) is 4.53. The molecule has 4 rings (SSSR count). The summed E-state index contributed by atoms with van der Waals surface area (Å²) in [6, 6.07) is 1.95. The zero-order valence-electron chi connectivity index (χ0n) is 13.1. The predicted octanol–water partition coefficient (Wildman–Crippen LogP) is 3.36. The van der Waals surface area contributed by atoms with Gasteiger partial charge in [0.2, 0.25) is 0 Å². The standard InChI is InChI=1S/C17H21N3O2/c1-9(2)15-14-12(16(21)18-8-10-3-4-10)7-13(11-5-6-11)19-17(14)22-20-15/h7,9-11H,3-6,8H2,1-2H3,(H,18,21). The lowest BCUT2D eigenvalue weighted by atomic mass is 10.0. The van der Waals surface area contributed by atoms with Gasteiger partial charge in [-0.2, -0.15) is 0 Å². The molecular weight excluding hydrogens is 278 g/mol. The van der Waals surface area contributed by atoms with E-state index >= 15 is 0 Å². The number of aromatic nitrogens is 2. The highest BCUT2D eigenvalue weighted by molar-refractivity contribution is 6.06. The molecule has 0 aromatic carbocycles. The van der Waals surface area contributed by atoms with Gasteiger partial charge in [0.05, 0.1) is 16.6 Å². The van der Waals surface area contributed by atoms with E-state index in [0.717, 1.165) is 36.2 Å². The third kappa shape index (κ3) is 2.49. The van der Waals surface area contributed by atoms with Crippen LogP contribution in [0.1, 0.15) is 73.1 Å². The van der Waals surface area contributed by atoms with E-state index in [0.29, 0.717) is 23.1 Å². The van der Waals surface area contributed by atoms with Gasteiger partial charge in [-0.05, 0) is 43.6 Å². The van der Waals surface area contributed by atoms with Crippen LogP contribution < -0.4 is 5.32 Å². The van der Waals surface area contributed by atoms with E-state index in [4.69, 9.17) is 4.52 Å². The van der Waals surface area contributed by atoms with Gasteiger partial charge in [-0.15, -0.1) is 0 Å². The first-order chi connectivity index (χ1) is 10.6. The largest absolute Gasteiger partial charge is 0.352 e. The normalized spacial score (nSPS) is 18.1. The molecule has 5 nitrogen and oxygen atoms in total. The van der Waals surface area contributed by atoms with Crippen molar-refractivity contribution in [2.75, 3.05) is 6.54 Å². The lowest BCUT2D eigenvalue weighted by molar-refractivity contribution is 0.0953. The third-order valence-electron chi connectivity index (χ3n) is 4.53. The Morgan fingerprint density at radius 3 is 2.77 bits per heavy atom. The molecule has 2 aromatic heterocycles. The molecule has 0 bridgehead atoms. The Balaban J connectivity index is 1.77. The lowest BCUT2D eigenvalue weighted by Crippen LogP contribution is -2.26. The lowest BCUT2D eigenvalue weighted by Gasteiger charge is -2.08. The van der Waals surface area contributed by atoms with E-state index in [-0.39, 0.29) is 11.8 Å². The quantitative estimate of drug-likeness (QED) is 0.919. The summed E-state index contributed by atoms with van der Waals surface area (Å²) in [6.45, 7) is 4.87. The first kappa shape index (κ1) is 13.7. The topological polar surface area (TPSA) is 68.0 Å². The van der Waals surface area contributed by atoms with Crippen molar-refractivity contribution in [2.24, 2.45) is 5.92 Å². The highest BCUT2D eigenvalue weighted by Gasteiger charge is 2.30. The Bertz CT molecular complexity index is 727. The van der Waals surface area contributed by atoms with Crippen molar-refractivity contribution < 1.29 is 9.32 Å². The number of carbonyl (C=O) groups excluding carboxylic acids is 1. The number of nitrogens with zero attached hydrogens (tertiary/aromatic N) is 2. The molecule has 2 aliphatic rings. The molecule has 0 aliphatic heterocycles. The fourth-order valence-corrected chi connectivity index (χ4v) is 2.81. The summed E-state index contributed by atoms with van der Waals surface area (Å²) in [4.78, 5) is 17.2. The molecule has 22 heavy (non-hydrogen) atoms. The van der Waals surface area contributed by atoms with Gasteiger partial charge in [0, 0.05) is 18.2 Å². The fraction of sp³-hybridized carbons (Fsp3) is 0.588. The first-order valence-corrected chi connectivity index (χ1v) is 8.22. The Kier molecular flexibility index (Phi) is 3.17. The SMILES string of the molecule is CC(C)c1noc2nc(C3CC3)cc(C(=O)NCC3CC3)c12. The van der Waals surface area contributed by atoms with Gasteiger partial charge in [-0.1, -0.05) is 19.0 Å². The van der Waals surface area contributed by atoms with Gasteiger partial charge in [0.25, 0.3) is 11.6 Å². The van der Waals surface area contributed by atoms with Crippen molar-refractivity contribution in [1.29, 1.82) is 0 Å². The molecule has 1 N–H and O–H groups in total. The van der Waals surface area contributed by atoms with E-state index < -0.39 is 0 Å². The maximum absolute atomic E-state index is 12.7. The maximum Gasteiger partial charge on any atom is 0.259 e. The predicted molar refractivity (Wildman–Crippen MR) is 82.9 cm³/mol. The first-order valence-electron chi connectivity index (χ1n) is 8.22. The second kappa shape index (κ2) is 5.07. The number of pyridine rings is 1. The molecule has 2 aliphatic carbocycles. The van der Waals surface area contributed by atoms with Crippen LogP contribution in [0.5, 0.6) is 0 Å². The summed E-state index contributed by atoms with van der Waals surface area (Å²) in [5, 5.41) is 7.99. The number of amides is 1. The fourth-order valence-electron chi connectivity index (χ4n) is 2.81. The van der Waals surface area contributed by atoms with Gasteiger partial charge >= 0.3 is 0 Å². The highest BCUT2D eigenvalue weighted by Crippen LogP contribution is 2.41. The number of carbonyl (C=O) groups is 1. The average molecular weight is 299 g/mol. The van der Waals surface area contributed by atoms with E-state index in [2.05, 4.69) is 29.3 Å². The van der Waals surface area contributed by atoms with Crippen molar-refractivity contribution in [1.82, 2.24) is 15.5 Å². The number of rotatable bonds is 5. The van der Waals surface area contributed by atoms with Crippen LogP contribution in [0.25, 0.3) is 11.1 Å².